The highest BCUT2D eigenvalue weighted by Crippen LogP contribution is 2.17. The maximum Gasteiger partial charge on any atom is 0.240 e. The highest BCUT2D eigenvalue weighted by Gasteiger charge is 2.13. The molecule has 1 aromatic carbocycles. The van der Waals surface area contributed by atoms with E-state index in [0.29, 0.717) is 30.3 Å². The Labute approximate surface area is 132 Å². The van der Waals surface area contributed by atoms with Crippen LogP contribution < -0.4 is 4.72 Å². The molecule has 5 nitrogen and oxygen atoms in total. The van der Waals surface area contributed by atoms with Gasteiger partial charge in [-0.05, 0) is 43.0 Å². The summed E-state index contributed by atoms with van der Waals surface area (Å²) in [7, 11) is -3.43. The van der Waals surface area contributed by atoms with Crippen LogP contribution in [0.5, 0.6) is 0 Å². The van der Waals surface area contributed by atoms with E-state index in [1.54, 1.807) is 18.3 Å². The molecule has 2 aromatic rings. The Bertz CT molecular complexity index is 703. The fourth-order valence-corrected chi connectivity index (χ4v) is 3.26. The van der Waals surface area contributed by atoms with Crippen molar-refractivity contribution < 1.29 is 8.42 Å². The Balaban J connectivity index is 1.89. The first kappa shape index (κ1) is 16.7. The van der Waals surface area contributed by atoms with Crippen LogP contribution in [0.2, 0.25) is 0 Å². The van der Waals surface area contributed by atoms with E-state index in [-0.39, 0.29) is 0 Å². The molecule has 1 aromatic heterocycles. The van der Waals surface area contributed by atoms with Crippen LogP contribution in [0.4, 0.5) is 0 Å². The van der Waals surface area contributed by atoms with Crippen LogP contribution in [0, 0.1) is 6.92 Å². The minimum atomic E-state index is -3.43. The monoisotopic (exact) mass is 321 g/mol. The molecule has 1 heterocycles. The molecule has 0 radical (unpaired) electrons. The normalized spacial score (nSPS) is 12.0. The average molecular weight is 321 g/mol. The molecule has 0 aliphatic rings. The lowest BCUT2D eigenvalue weighted by Gasteiger charge is -2.09. The molecule has 0 amide bonds. The van der Waals surface area contributed by atoms with E-state index >= 15 is 0 Å². The van der Waals surface area contributed by atoms with Crippen molar-refractivity contribution >= 4 is 10.0 Å². The van der Waals surface area contributed by atoms with Gasteiger partial charge in [0.2, 0.25) is 10.0 Å². The maximum absolute atomic E-state index is 12.2. The molecule has 22 heavy (non-hydrogen) atoms. The average Bonchev–Trinajstić information content (AvgIpc) is 2.89. The zero-order chi connectivity index (χ0) is 16.2. The minimum absolute atomic E-state index is 0.312. The van der Waals surface area contributed by atoms with Crippen LogP contribution in [0.1, 0.15) is 37.4 Å². The third-order valence-corrected chi connectivity index (χ3v) is 5.10. The van der Waals surface area contributed by atoms with Crippen molar-refractivity contribution in [2.75, 3.05) is 6.54 Å². The summed E-state index contributed by atoms with van der Waals surface area (Å²) in [6.45, 7) is 7.24. The Kier molecular flexibility index (Phi) is 5.37. The van der Waals surface area contributed by atoms with Crippen molar-refractivity contribution in [3.63, 3.8) is 0 Å². The number of nitrogens with zero attached hydrogens (tertiary/aromatic N) is 2. The summed E-state index contributed by atoms with van der Waals surface area (Å²) < 4.78 is 28.9. The van der Waals surface area contributed by atoms with E-state index in [1.807, 2.05) is 29.8 Å². The van der Waals surface area contributed by atoms with Crippen molar-refractivity contribution in [1.29, 1.82) is 0 Å². The summed E-state index contributed by atoms with van der Waals surface area (Å²) in [6, 6.07) is 8.99. The van der Waals surface area contributed by atoms with Gasteiger partial charge in [0.1, 0.15) is 0 Å². The molecule has 0 aliphatic heterocycles. The number of aromatic nitrogens is 2. The molecule has 0 bridgehead atoms. The van der Waals surface area contributed by atoms with Gasteiger partial charge in [-0.3, -0.25) is 4.68 Å². The van der Waals surface area contributed by atoms with Crippen LogP contribution >= 0.6 is 0 Å². The molecule has 0 aliphatic carbocycles. The molecule has 6 heteroatoms. The maximum atomic E-state index is 12.2. The lowest BCUT2D eigenvalue weighted by atomic mass is 10.0. The van der Waals surface area contributed by atoms with Crippen molar-refractivity contribution in [2.45, 2.75) is 44.6 Å². The largest absolute Gasteiger partial charge is 0.270 e. The van der Waals surface area contributed by atoms with E-state index < -0.39 is 10.0 Å². The van der Waals surface area contributed by atoms with Crippen molar-refractivity contribution in [3.8, 4) is 0 Å². The van der Waals surface area contributed by atoms with Crippen LogP contribution in [0.25, 0.3) is 0 Å². The molecule has 0 saturated carbocycles. The predicted molar refractivity (Wildman–Crippen MR) is 87.3 cm³/mol. The summed E-state index contributed by atoms with van der Waals surface area (Å²) in [6.07, 6.45) is 2.45. The molecule has 0 spiro atoms. The topological polar surface area (TPSA) is 64.0 Å². The minimum Gasteiger partial charge on any atom is -0.270 e. The highest BCUT2D eigenvalue weighted by atomic mass is 32.2. The number of hydrogen-bond donors (Lipinski definition) is 1. The quantitative estimate of drug-likeness (QED) is 0.798. The zero-order valence-electron chi connectivity index (χ0n) is 13.3. The molecule has 120 valence electrons. The smallest absolute Gasteiger partial charge is 0.240 e. The van der Waals surface area contributed by atoms with Gasteiger partial charge in [-0.2, -0.15) is 5.10 Å². The zero-order valence-corrected chi connectivity index (χ0v) is 14.1. The number of hydrogen-bond acceptors (Lipinski definition) is 3. The summed E-state index contributed by atoms with van der Waals surface area (Å²) in [5, 5.41) is 4.17. The van der Waals surface area contributed by atoms with Gasteiger partial charge in [0.25, 0.3) is 0 Å². The Morgan fingerprint density at radius 1 is 1.18 bits per heavy atom. The van der Waals surface area contributed by atoms with Crippen molar-refractivity contribution in [2.24, 2.45) is 0 Å². The van der Waals surface area contributed by atoms with E-state index in [1.165, 1.54) is 0 Å². The van der Waals surface area contributed by atoms with Gasteiger partial charge in [0.15, 0.2) is 0 Å². The van der Waals surface area contributed by atoms with Gasteiger partial charge in [-0.15, -0.1) is 0 Å². The number of aryl methyl sites for hydroxylation is 2. The fourth-order valence-electron chi connectivity index (χ4n) is 2.18. The lowest BCUT2D eigenvalue weighted by Crippen LogP contribution is -2.25. The Hall–Kier alpha value is -1.66. The van der Waals surface area contributed by atoms with Gasteiger partial charge in [0, 0.05) is 25.0 Å². The third kappa shape index (κ3) is 4.18. The van der Waals surface area contributed by atoms with Gasteiger partial charge in [-0.1, -0.05) is 26.0 Å². The van der Waals surface area contributed by atoms with Crippen LogP contribution in [0.3, 0.4) is 0 Å². The van der Waals surface area contributed by atoms with Crippen molar-refractivity contribution in [1.82, 2.24) is 14.5 Å². The number of sulfonamides is 1. The number of nitrogens with one attached hydrogen (secondary N) is 1. The molecule has 1 N–H and O–H groups in total. The van der Waals surface area contributed by atoms with Crippen LogP contribution in [0.15, 0.2) is 41.4 Å². The van der Waals surface area contributed by atoms with Gasteiger partial charge in [-0.25, -0.2) is 13.1 Å². The fraction of sp³-hybridized carbons (Fsp3) is 0.438. The first-order valence-corrected chi connectivity index (χ1v) is 8.96. The van der Waals surface area contributed by atoms with Gasteiger partial charge < -0.3 is 0 Å². The first-order chi connectivity index (χ1) is 10.4. The van der Waals surface area contributed by atoms with Crippen LogP contribution in [-0.2, 0) is 16.6 Å². The molecule has 0 atom stereocenters. The second-order valence-electron chi connectivity index (χ2n) is 5.67. The Morgan fingerprint density at radius 2 is 1.86 bits per heavy atom. The standard InChI is InChI=1S/C16H23N3O2S/c1-13(2)15-5-7-16(8-6-15)22(20,21)18-10-4-12-19-14(3)9-11-17-19/h5-9,11,13,18H,4,10,12H2,1-3H3. The van der Waals surface area contributed by atoms with Crippen LogP contribution in [-0.4, -0.2) is 24.7 Å². The van der Waals surface area contributed by atoms with E-state index in [0.717, 1.165) is 11.3 Å². The first-order valence-electron chi connectivity index (χ1n) is 7.48. The SMILES string of the molecule is Cc1ccnn1CCCNS(=O)(=O)c1ccc(C(C)C)cc1. The van der Waals surface area contributed by atoms with Gasteiger partial charge in [0.05, 0.1) is 4.90 Å². The second-order valence-corrected chi connectivity index (χ2v) is 7.44. The van der Waals surface area contributed by atoms with E-state index in [2.05, 4.69) is 23.7 Å². The van der Waals surface area contributed by atoms with E-state index in [9.17, 15) is 8.42 Å². The molecule has 0 saturated heterocycles. The van der Waals surface area contributed by atoms with Crippen molar-refractivity contribution in [3.05, 3.63) is 47.8 Å². The highest BCUT2D eigenvalue weighted by molar-refractivity contribution is 7.89. The van der Waals surface area contributed by atoms with Gasteiger partial charge >= 0.3 is 0 Å². The molecular weight excluding hydrogens is 298 g/mol. The number of benzene rings is 1. The molecular formula is C16H23N3O2S. The predicted octanol–water partition coefficient (Wildman–Crippen LogP) is 2.68. The second kappa shape index (κ2) is 7.07. The summed E-state index contributed by atoms with van der Waals surface area (Å²) in [5.41, 5.74) is 2.21. The number of rotatable bonds is 7. The summed E-state index contributed by atoms with van der Waals surface area (Å²) in [4.78, 5) is 0.312. The third-order valence-electron chi connectivity index (χ3n) is 3.62. The molecule has 0 unspecified atom stereocenters. The Morgan fingerprint density at radius 3 is 2.41 bits per heavy atom. The molecule has 2 rings (SSSR count). The summed E-state index contributed by atoms with van der Waals surface area (Å²) >= 11 is 0. The lowest BCUT2D eigenvalue weighted by molar-refractivity contribution is 0.546. The summed E-state index contributed by atoms with van der Waals surface area (Å²) in [5.74, 6) is 0.391. The molecule has 0 fully saturated rings. The van der Waals surface area contributed by atoms with E-state index in [4.69, 9.17) is 0 Å².